The third-order valence-electron chi connectivity index (χ3n) is 3.72. The molecule has 1 unspecified atom stereocenters. The van der Waals surface area contributed by atoms with E-state index in [0.717, 1.165) is 24.4 Å². The zero-order chi connectivity index (χ0) is 16.2. The number of nitriles is 1. The van der Waals surface area contributed by atoms with Crippen LogP contribution in [0.25, 0.3) is 0 Å². The van der Waals surface area contributed by atoms with Crippen molar-refractivity contribution in [2.75, 3.05) is 18.1 Å². The molecule has 0 aliphatic carbocycles. The summed E-state index contributed by atoms with van der Waals surface area (Å²) in [5.74, 6) is 0.292. The van der Waals surface area contributed by atoms with Crippen molar-refractivity contribution in [2.45, 2.75) is 25.8 Å². The monoisotopic (exact) mass is 328 g/mol. The molecule has 2 aromatic heterocycles. The summed E-state index contributed by atoms with van der Waals surface area (Å²) >= 11 is 1.45. The quantitative estimate of drug-likeness (QED) is 0.803. The maximum absolute atomic E-state index is 11.8. The number of nitrogens with zero attached hydrogens (tertiary/aromatic N) is 4. The van der Waals surface area contributed by atoms with E-state index < -0.39 is 5.97 Å². The van der Waals surface area contributed by atoms with Crippen LogP contribution in [-0.2, 0) is 4.74 Å². The van der Waals surface area contributed by atoms with Crippen LogP contribution in [0.3, 0.4) is 0 Å². The first-order valence-electron chi connectivity index (χ1n) is 7.49. The largest absolute Gasteiger partial charge is 0.461 e. The van der Waals surface area contributed by atoms with Crippen molar-refractivity contribution in [3.05, 3.63) is 40.0 Å². The molecule has 1 fully saturated rings. The molecule has 0 saturated carbocycles. The zero-order valence-electron chi connectivity index (χ0n) is 12.7. The molecule has 6 nitrogen and oxygen atoms in total. The summed E-state index contributed by atoms with van der Waals surface area (Å²) in [4.78, 5) is 22.7. The van der Waals surface area contributed by atoms with Crippen molar-refractivity contribution in [1.29, 1.82) is 5.26 Å². The van der Waals surface area contributed by atoms with Gasteiger partial charge < -0.3 is 9.64 Å². The highest BCUT2D eigenvalue weighted by Gasteiger charge is 2.31. The number of ether oxygens (including phenoxy) is 1. The molecule has 3 heterocycles. The second kappa shape index (κ2) is 6.75. The smallest absolute Gasteiger partial charge is 0.357 e. The van der Waals surface area contributed by atoms with Gasteiger partial charge in [0.25, 0.3) is 0 Å². The molecule has 0 aromatic carbocycles. The van der Waals surface area contributed by atoms with E-state index in [1.54, 1.807) is 30.6 Å². The van der Waals surface area contributed by atoms with Crippen LogP contribution in [0.4, 0.5) is 5.82 Å². The molecule has 118 valence electrons. The van der Waals surface area contributed by atoms with Gasteiger partial charge in [-0.2, -0.15) is 5.26 Å². The number of carbonyl (C=O) groups excluding carboxylic acids is 1. The predicted molar refractivity (Wildman–Crippen MR) is 86.3 cm³/mol. The van der Waals surface area contributed by atoms with Crippen LogP contribution in [0.1, 0.15) is 46.9 Å². The second-order valence-corrected chi connectivity index (χ2v) is 6.02. The standard InChI is InChI=1S/C16H16N4O2S/c1-2-22-16(21)12-10-23-15(19-12)13-6-4-8-20(13)14-11(9-17)5-3-7-18-14/h3,5,7,10,13H,2,4,6,8H2,1H3. The van der Waals surface area contributed by atoms with E-state index in [4.69, 9.17) is 4.74 Å². The lowest BCUT2D eigenvalue weighted by atomic mass is 10.2. The number of hydrogen-bond donors (Lipinski definition) is 0. The maximum atomic E-state index is 11.8. The molecule has 1 aliphatic rings. The van der Waals surface area contributed by atoms with Crippen LogP contribution >= 0.6 is 11.3 Å². The number of rotatable bonds is 4. The fourth-order valence-corrected chi connectivity index (χ4v) is 3.66. The minimum Gasteiger partial charge on any atom is -0.461 e. The number of pyridine rings is 1. The van der Waals surface area contributed by atoms with Gasteiger partial charge >= 0.3 is 5.97 Å². The van der Waals surface area contributed by atoms with Crippen LogP contribution in [0.15, 0.2) is 23.7 Å². The Balaban J connectivity index is 1.88. The van der Waals surface area contributed by atoms with Crippen LogP contribution in [-0.4, -0.2) is 29.1 Å². The Bertz CT molecular complexity index is 753. The molecule has 1 atom stereocenters. The molecule has 7 heteroatoms. The molecule has 0 N–H and O–H groups in total. The lowest BCUT2D eigenvalue weighted by Crippen LogP contribution is -2.24. The summed E-state index contributed by atoms with van der Waals surface area (Å²) in [5.41, 5.74) is 0.904. The molecule has 0 amide bonds. The molecule has 0 bridgehead atoms. The number of hydrogen-bond acceptors (Lipinski definition) is 7. The number of thiazole rings is 1. The van der Waals surface area contributed by atoms with Gasteiger partial charge in [-0.15, -0.1) is 11.3 Å². The van der Waals surface area contributed by atoms with Crippen LogP contribution in [0.2, 0.25) is 0 Å². The third-order valence-corrected chi connectivity index (χ3v) is 4.67. The van der Waals surface area contributed by atoms with Crippen molar-refractivity contribution in [3.63, 3.8) is 0 Å². The molecular formula is C16H16N4O2S. The first kappa shape index (κ1) is 15.4. The molecule has 0 radical (unpaired) electrons. The summed E-state index contributed by atoms with van der Waals surface area (Å²) < 4.78 is 4.99. The van der Waals surface area contributed by atoms with Gasteiger partial charge in [0.05, 0.1) is 18.2 Å². The predicted octanol–water partition coefficient (Wildman–Crippen LogP) is 2.93. The average molecular weight is 328 g/mol. The van der Waals surface area contributed by atoms with E-state index in [2.05, 4.69) is 20.9 Å². The summed E-state index contributed by atoms with van der Waals surface area (Å²) in [7, 11) is 0. The first-order valence-corrected chi connectivity index (χ1v) is 8.37. The molecule has 0 spiro atoms. The van der Waals surface area contributed by atoms with E-state index in [1.807, 2.05) is 0 Å². The summed E-state index contributed by atoms with van der Waals surface area (Å²) in [6.07, 6.45) is 3.62. The molecule has 2 aromatic rings. The highest BCUT2D eigenvalue weighted by atomic mass is 32.1. The average Bonchev–Trinajstić information content (AvgIpc) is 3.23. The minimum atomic E-state index is -0.393. The Kier molecular flexibility index (Phi) is 4.53. The highest BCUT2D eigenvalue weighted by molar-refractivity contribution is 7.10. The van der Waals surface area contributed by atoms with Gasteiger partial charge in [0.1, 0.15) is 16.9 Å². The Hall–Kier alpha value is -2.46. The van der Waals surface area contributed by atoms with Gasteiger partial charge in [-0.25, -0.2) is 14.8 Å². The van der Waals surface area contributed by atoms with Crippen molar-refractivity contribution in [3.8, 4) is 6.07 Å². The fraction of sp³-hybridized carbons (Fsp3) is 0.375. The number of esters is 1. The lowest BCUT2D eigenvalue weighted by molar-refractivity contribution is 0.0520. The normalized spacial score (nSPS) is 17.0. The second-order valence-electron chi connectivity index (χ2n) is 5.13. The lowest BCUT2D eigenvalue weighted by Gasteiger charge is -2.24. The molecule has 1 saturated heterocycles. The Morgan fingerprint density at radius 2 is 2.48 bits per heavy atom. The van der Waals surface area contributed by atoms with Crippen molar-refractivity contribution < 1.29 is 9.53 Å². The zero-order valence-corrected chi connectivity index (χ0v) is 13.5. The van der Waals surface area contributed by atoms with Gasteiger partial charge in [-0.3, -0.25) is 0 Å². The Morgan fingerprint density at radius 3 is 3.26 bits per heavy atom. The van der Waals surface area contributed by atoms with Gasteiger partial charge in [0, 0.05) is 18.1 Å². The Labute approximate surface area is 138 Å². The Morgan fingerprint density at radius 1 is 1.61 bits per heavy atom. The van der Waals surface area contributed by atoms with E-state index in [9.17, 15) is 10.1 Å². The highest BCUT2D eigenvalue weighted by Crippen LogP contribution is 2.37. The molecule has 3 rings (SSSR count). The van der Waals surface area contributed by atoms with Gasteiger partial charge in [-0.1, -0.05) is 0 Å². The van der Waals surface area contributed by atoms with Crippen molar-refractivity contribution in [2.24, 2.45) is 0 Å². The third kappa shape index (κ3) is 3.03. The summed E-state index contributed by atoms with van der Waals surface area (Å²) in [6, 6.07) is 5.76. The van der Waals surface area contributed by atoms with E-state index in [1.165, 1.54) is 11.3 Å². The van der Waals surface area contributed by atoms with Gasteiger partial charge in [0.15, 0.2) is 5.69 Å². The number of carbonyl (C=O) groups is 1. The van der Waals surface area contributed by atoms with Crippen LogP contribution in [0, 0.1) is 11.3 Å². The minimum absolute atomic E-state index is 0.0465. The van der Waals surface area contributed by atoms with Crippen LogP contribution < -0.4 is 4.90 Å². The molecular weight excluding hydrogens is 312 g/mol. The van der Waals surface area contributed by atoms with Crippen molar-refractivity contribution in [1.82, 2.24) is 9.97 Å². The molecule has 23 heavy (non-hydrogen) atoms. The number of aromatic nitrogens is 2. The SMILES string of the molecule is CCOC(=O)c1csc(C2CCCN2c2ncccc2C#N)n1. The van der Waals surface area contributed by atoms with E-state index >= 15 is 0 Å². The summed E-state index contributed by atoms with van der Waals surface area (Å²) in [5, 5.41) is 11.9. The van der Waals surface area contributed by atoms with Gasteiger partial charge in [-0.05, 0) is 31.9 Å². The topological polar surface area (TPSA) is 79.1 Å². The van der Waals surface area contributed by atoms with E-state index in [0.29, 0.717) is 23.7 Å². The fourth-order valence-electron chi connectivity index (χ4n) is 2.73. The maximum Gasteiger partial charge on any atom is 0.357 e. The van der Waals surface area contributed by atoms with Gasteiger partial charge in [0.2, 0.25) is 0 Å². The van der Waals surface area contributed by atoms with Crippen molar-refractivity contribution >= 4 is 23.1 Å². The first-order chi connectivity index (χ1) is 11.2. The number of anilines is 1. The van der Waals surface area contributed by atoms with E-state index in [-0.39, 0.29) is 6.04 Å². The molecule has 1 aliphatic heterocycles. The summed E-state index contributed by atoms with van der Waals surface area (Å²) in [6.45, 7) is 2.93. The van der Waals surface area contributed by atoms with Crippen LogP contribution in [0.5, 0.6) is 0 Å².